The highest BCUT2D eigenvalue weighted by atomic mass is 16.4. The van der Waals surface area contributed by atoms with Gasteiger partial charge in [0.25, 0.3) is 0 Å². The van der Waals surface area contributed by atoms with E-state index >= 15 is 0 Å². The number of fused-ring (bicyclic) bond motifs is 1. The lowest BCUT2D eigenvalue weighted by molar-refractivity contribution is 0.0693. The molecule has 0 spiro atoms. The Hall–Kier alpha value is -2.86. The molecule has 3 rings (SSSR count). The minimum absolute atomic E-state index is 0.0230. The van der Waals surface area contributed by atoms with Gasteiger partial charge >= 0.3 is 5.97 Å². The summed E-state index contributed by atoms with van der Waals surface area (Å²) in [5.74, 6) is 3.94. The summed E-state index contributed by atoms with van der Waals surface area (Å²) in [6, 6.07) is 12.3. The second-order valence-corrected chi connectivity index (χ2v) is 8.46. The fourth-order valence-corrected chi connectivity index (χ4v) is 3.73. The number of carbonyl (C=O) groups excluding carboxylic acids is 1. The van der Waals surface area contributed by atoms with Gasteiger partial charge < -0.3 is 5.11 Å². The molecule has 0 bridgehead atoms. The van der Waals surface area contributed by atoms with E-state index in [0.29, 0.717) is 0 Å². The van der Waals surface area contributed by atoms with Crippen molar-refractivity contribution in [2.75, 3.05) is 0 Å². The van der Waals surface area contributed by atoms with Crippen molar-refractivity contribution in [2.24, 2.45) is 0 Å². The maximum atomic E-state index is 12.4. The Labute approximate surface area is 160 Å². The van der Waals surface area contributed by atoms with Crippen LogP contribution in [0.15, 0.2) is 42.5 Å². The summed E-state index contributed by atoms with van der Waals surface area (Å²) in [7, 11) is 0. The van der Waals surface area contributed by atoms with Gasteiger partial charge in [0, 0.05) is 11.1 Å². The summed E-state index contributed by atoms with van der Waals surface area (Å²) >= 11 is 0. The number of hydrogen-bond donors (Lipinski definition) is 1. The van der Waals surface area contributed by atoms with Crippen molar-refractivity contribution in [3.8, 4) is 11.8 Å². The number of carboxylic acid groups (broad SMARTS) is 1. The van der Waals surface area contributed by atoms with Crippen LogP contribution in [0.4, 0.5) is 0 Å². The monoisotopic (exact) mass is 360 g/mol. The molecule has 3 heteroatoms. The number of hydrogen-bond acceptors (Lipinski definition) is 2. The van der Waals surface area contributed by atoms with Crippen LogP contribution in [0.1, 0.15) is 77.9 Å². The Morgan fingerprint density at radius 2 is 1.48 bits per heavy atom. The fraction of sp³-hybridized carbons (Fsp3) is 0.333. The molecule has 2 aromatic carbocycles. The molecule has 0 atom stereocenters. The largest absolute Gasteiger partial charge is 0.478 e. The maximum Gasteiger partial charge on any atom is 0.336 e. The molecule has 1 aliphatic rings. The third kappa shape index (κ3) is 3.66. The summed E-state index contributed by atoms with van der Waals surface area (Å²) < 4.78 is 0. The first-order valence-corrected chi connectivity index (χ1v) is 9.15. The Balaban J connectivity index is 1.97. The topological polar surface area (TPSA) is 54.4 Å². The van der Waals surface area contributed by atoms with E-state index in [9.17, 15) is 14.7 Å². The van der Waals surface area contributed by atoms with Gasteiger partial charge in [-0.25, -0.2) is 4.79 Å². The Morgan fingerprint density at radius 1 is 0.889 bits per heavy atom. The van der Waals surface area contributed by atoms with Gasteiger partial charge in [0.15, 0.2) is 0 Å². The van der Waals surface area contributed by atoms with Gasteiger partial charge in [-0.1, -0.05) is 51.8 Å². The van der Waals surface area contributed by atoms with Crippen LogP contribution >= 0.6 is 0 Å². The molecule has 2 aromatic rings. The first-order chi connectivity index (χ1) is 12.6. The Bertz CT molecular complexity index is 984. The number of carbonyl (C=O) groups is 2. The normalized spacial score (nSPS) is 16.6. The lowest BCUT2D eigenvalue weighted by atomic mass is 9.63. The Kier molecular flexibility index (Phi) is 4.70. The summed E-state index contributed by atoms with van der Waals surface area (Å²) in [5, 5.41) is 9.24. The molecule has 0 aliphatic heterocycles. The van der Waals surface area contributed by atoms with Crippen LogP contribution in [-0.4, -0.2) is 16.9 Å². The molecule has 0 heterocycles. The Morgan fingerprint density at radius 3 is 2.11 bits per heavy atom. The van der Waals surface area contributed by atoms with E-state index in [0.717, 1.165) is 18.4 Å². The van der Waals surface area contributed by atoms with Gasteiger partial charge in [-0.15, -0.1) is 0 Å². The van der Waals surface area contributed by atoms with Crippen molar-refractivity contribution in [1.82, 2.24) is 0 Å². The van der Waals surface area contributed by atoms with Crippen molar-refractivity contribution in [3.63, 3.8) is 0 Å². The molecule has 0 radical (unpaired) electrons. The van der Waals surface area contributed by atoms with Gasteiger partial charge in [0.2, 0.25) is 5.78 Å². The third-order valence-corrected chi connectivity index (χ3v) is 5.58. The standard InChI is InChI=1S/C24H24O3/c1-23(2)13-14-24(3,4)20-15-16(9-11-19(20)23)10-12-21(25)17-7-5-6-8-18(17)22(26)27/h5-9,11,15H,13-14H2,1-4H3,(H,26,27). The van der Waals surface area contributed by atoms with Crippen LogP contribution in [0, 0.1) is 11.8 Å². The summed E-state index contributed by atoms with van der Waals surface area (Å²) in [6.07, 6.45) is 2.25. The van der Waals surface area contributed by atoms with E-state index in [1.54, 1.807) is 12.1 Å². The van der Waals surface area contributed by atoms with E-state index in [-0.39, 0.29) is 22.0 Å². The molecule has 0 amide bonds. The van der Waals surface area contributed by atoms with Gasteiger partial charge in [-0.2, -0.15) is 0 Å². The zero-order chi connectivity index (χ0) is 19.8. The quantitative estimate of drug-likeness (QED) is 0.608. The van der Waals surface area contributed by atoms with E-state index in [1.807, 2.05) is 6.07 Å². The summed E-state index contributed by atoms with van der Waals surface area (Å²) in [6.45, 7) is 9.01. The van der Waals surface area contributed by atoms with Crippen LogP contribution in [0.3, 0.4) is 0 Å². The molecule has 3 nitrogen and oxygen atoms in total. The van der Waals surface area contributed by atoms with E-state index in [1.165, 1.54) is 23.3 Å². The highest BCUT2D eigenvalue weighted by molar-refractivity contribution is 6.14. The lowest BCUT2D eigenvalue weighted by Gasteiger charge is -2.41. The lowest BCUT2D eigenvalue weighted by Crippen LogP contribution is -2.33. The molecule has 27 heavy (non-hydrogen) atoms. The third-order valence-electron chi connectivity index (χ3n) is 5.58. The van der Waals surface area contributed by atoms with Crippen molar-refractivity contribution >= 4 is 11.8 Å². The second-order valence-electron chi connectivity index (χ2n) is 8.46. The number of rotatable bonds is 2. The van der Waals surface area contributed by atoms with Crippen LogP contribution in [-0.2, 0) is 10.8 Å². The molecule has 1 N–H and O–H groups in total. The first kappa shape index (κ1) is 18.9. The maximum absolute atomic E-state index is 12.4. The molecule has 0 saturated heterocycles. The number of benzene rings is 2. The minimum atomic E-state index is -1.13. The van der Waals surface area contributed by atoms with Gasteiger partial charge in [-0.3, -0.25) is 4.79 Å². The highest BCUT2D eigenvalue weighted by Crippen LogP contribution is 2.45. The van der Waals surface area contributed by atoms with Crippen molar-refractivity contribution in [2.45, 2.75) is 51.4 Å². The van der Waals surface area contributed by atoms with E-state index in [4.69, 9.17) is 0 Å². The predicted molar refractivity (Wildman–Crippen MR) is 106 cm³/mol. The van der Waals surface area contributed by atoms with Crippen LogP contribution in [0.2, 0.25) is 0 Å². The minimum Gasteiger partial charge on any atom is -0.478 e. The molecular weight excluding hydrogens is 336 g/mol. The van der Waals surface area contributed by atoms with Gasteiger partial charge in [0.1, 0.15) is 0 Å². The number of ketones is 1. The zero-order valence-corrected chi connectivity index (χ0v) is 16.2. The number of Topliss-reactive ketones (excluding diaryl/α,β-unsaturated/α-hetero) is 1. The molecule has 0 unspecified atom stereocenters. The number of aromatic carboxylic acids is 1. The summed E-state index contributed by atoms with van der Waals surface area (Å²) in [4.78, 5) is 23.7. The molecular formula is C24H24O3. The molecule has 1 aliphatic carbocycles. The fourth-order valence-electron chi connectivity index (χ4n) is 3.73. The summed E-state index contributed by atoms with van der Waals surface area (Å²) in [5.41, 5.74) is 3.70. The average Bonchev–Trinajstić information content (AvgIpc) is 2.63. The zero-order valence-electron chi connectivity index (χ0n) is 16.2. The molecule has 0 aromatic heterocycles. The van der Waals surface area contributed by atoms with Crippen LogP contribution < -0.4 is 0 Å². The van der Waals surface area contributed by atoms with Crippen molar-refractivity contribution < 1.29 is 14.7 Å². The van der Waals surface area contributed by atoms with E-state index < -0.39 is 11.8 Å². The van der Waals surface area contributed by atoms with Crippen molar-refractivity contribution in [1.29, 1.82) is 0 Å². The highest BCUT2D eigenvalue weighted by Gasteiger charge is 2.36. The van der Waals surface area contributed by atoms with Crippen molar-refractivity contribution in [3.05, 3.63) is 70.3 Å². The predicted octanol–water partition coefficient (Wildman–Crippen LogP) is 4.97. The van der Waals surface area contributed by atoms with Crippen LogP contribution in [0.5, 0.6) is 0 Å². The smallest absolute Gasteiger partial charge is 0.336 e. The first-order valence-electron chi connectivity index (χ1n) is 9.15. The van der Waals surface area contributed by atoms with Gasteiger partial charge in [0.05, 0.1) is 5.56 Å². The second kappa shape index (κ2) is 6.70. The van der Waals surface area contributed by atoms with E-state index in [2.05, 4.69) is 51.7 Å². The molecule has 0 fully saturated rings. The number of carboxylic acids is 1. The average molecular weight is 360 g/mol. The molecule has 0 saturated carbocycles. The molecule has 138 valence electrons. The van der Waals surface area contributed by atoms with Crippen LogP contribution in [0.25, 0.3) is 0 Å². The van der Waals surface area contributed by atoms with Gasteiger partial charge in [-0.05, 0) is 65.0 Å². The SMILES string of the molecule is CC1(C)CCC(C)(C)c2cc(C#CC(=O)c3ccccc3C(=O)O)ccc21.